The summed E-state index contributed by atoms with van der Waals surface area (Å²) in [5.74, 6) is 7.31. The first-order chi connectivity index (χ1) is 11.0. The highest BCUT2D eigenvalue weighted by atomic mass is 14.6. The van der Waals surface area contributed by atoms with Crippen LogP contribution in [-0.4, -0.2) is 0 Å². The molecule has 4 fully saturated rings. The summed E-state index contributed by atoms with van der Waals surface area (Å²) in [6.45, 7) is 11.8. The van der Waals surface area contributed by atoms with E-state index >= 15 is 0 Å². The van der Waals surface area contributed by atoms with Crippen molar-refractivity contribution in [3.63, 3.8) is 0 Å². The van der Waals surface area contributed by atoms with E-state index in [0.717, 1.165) is 41.4 Å². The molecule has 130 valence electrons. The number of hydrogen-bond donors (Lipinski definition) is 0. The first-order valence-corrected chi connectivity index (χ1v) is 10.7. The maximum atomic E-state index is 4.43. The molecule has 0 aliphatic heterocycles. The van der Waals surface area contributed by atoms with Crippen LogP contribution in [0.5, 0.6) is 0 Å². The number of allylic oxidation sites excluding steroid dienone is 1. The molecule has 0 bridgehead atoms. The molecule has 7 atom stereocenters. The Hall–Kier alpha value is -0.260. The minimum Gasteiger partial charge on any atom is -0.0996 e. The van der Waals surface area contributed by atoms with E-state index in [1.165, 1.54) is 38.5 Å². The van der Waals surface area contributed by atoms with E-state index in [4.69, 9.17) is 0 Å². The van der Waals surface area contributed by atoms with Gasteiger partial charge in [0.15, 0.2) is 0 Å². The summed E-state index contributed by atoms with van der Waals surface area (Å²) in [5.41, 5.74) is 2.20. The molecule has 0 heteroatoms. The number of hydrogen-bond acceptors (Lipinski definition) is 0. The Kier molecular flexibility index (Phi) is 4.18. The Morgan fingerprint density at radius 3 is 2.22 bits per heavy atom. The van der Waals surface area contributed by atoms with Crippen molar-refractivity contribution in [2.45, 2.75) is 85.0 Å². The Balaban J connectivity index is 1.49. The molecular formula is C23H38. The quantitative estimate of drug-likeness (QED) is 0.488. The molecule has 4 rings (SSSR count). The topological polar surface area (TPSA) is 0 Å². The lowest BCUT2D eigenvalue weighted by Gasteiger charge is -2.54. The minimum atomic E-state index is 0.628. The zero-order valence-corrected chi connectivity index (χ0v) is 15.8. The molecule has 0 N–H and O–H groups in total. The summed E-state index contributed by atoms with van der Waals surface area (Å²) >= 11 is 0. The van der Waals surface area contributed by atoms with Crippen molar-refractivity contribution in [3.05, 3.63) is 12.2 Å². The monoisotopic (exact) mass is 314 g/mol. The van der Waals surface area contributed by atoms with Gasteiger partial charge in [0, 0.05) is 0 Å². The zero-order chi connectivity index (χ0) is 16.2. The SMILES string of the molecule is C=C(CC)C1CCC2C1CCC1C3CCC(C)(C)CC3CCC12. The summed E-state index contributed by atoms with van der Waals surface area (Å²) in [6.07, 6.45) is 15.0. The summed E-state index contributed by atoms with van der Waals surface area (Å²) < 4.78 is 0. The summed E-state index contributed by atoms with van der Waals surface area (Å²) in [6, 6.07) is 0. The number of fused-ring (bicyclic) bond motifs is 5. The maximum absolute atomic E-state index is 4.43. The van der Waals surface area contributed by atoms with E-state index in [0.29, 0.717) is 5.41 Å². The minimum absolute atomic E-state index is 0.628. The van der Waals surface area contributed by atoms with Crippen LogP contribution in [0.25, 0.3) is 0 Å². The second-order valence-electron chi connectivity index (χ2n) is 10.3. The van der Waals surface area contributed by atoms with Crippen LogP contribution in [0.15, 0.2) is 12.2 Å². The highest BCUT2D eigenvalue weighted by Crippen LogP contribution is 2.61. The van der Waals surface area contributed by atoms with Crippen LogP contribution >= 0.6 is 0 Å². The van der Waals surface area contributed by atoms with Crippen molar-refractivity contribution in [1.82, 2.24) is 0 Å². The van der Waals surface area contributed by atoms with Crippen molar-refractivity contribution in [2.75, 3.05) is 0 Å². The second-order valence-corrected chi connectivity index (χ2v) is 10.3. The van der Waals surface area contributed by atoms with Gasteiger partial charge >= 0.3 is 0 Å². The maximum Gasteiger partial charge on any atom is -0.0175 e. The van der Waals surface area contributed by atoms with Gasteiger partial charge in [0.25, 0.3) is 0 Å². The van der Waals surface area contributed by atoms with Crippen LogP contribution in [0.3, 0.4) is 0 Å². The van der Waals surface area contributed by atoms with Crippen molar-refractivity contribution >= 4 is 0 Å². The zero-order valence-electron chi connectivity index (χ0n) is 15.8. The largest absolute Gasteiger partial charge is 0.0996 e. The summed E-state index contributed by atoms with van der Waals surface area (Å²) in [7, 11) is 0. The first-order valence-electron chi connectivity index (χ1n) is 10.7. The molecule has 7 unspecified atom stereocenters. The Morgan fingerprint density at radius 1 is 0.826 bits per heavy atom. The molecule has 0 aromatic carbocycles. The Labute approximate surface area is 144 Å². The smallest absolute Gasteiger partial charge is 0.0175 e. The predicted molar refractivity (Wildman–Crippen MR) is 99.2 cm³/mol. The Morgan fingerprint density at radius 2 is 1.43 bits per heavy atom. The lowest BCUT2D eigenvalue weighted by atomic mass is 9.51. The van der Waals surface area contributed by atoms with Gasteiger partial charge in [-0.15, -0.1) is 0 Å². The van der Waals surface area contributed by atoms with Gasteiger partial charge in [-0.3, -0.25) is 0 Å². The predicted octanol–water partition coefficient (Wildman–Crippen LogP) is 6.86. The molecule has 0 saturated heterocycles. The van der Waals surface area contributed by atoms with Crippen molar-refractivity contribution in [3.8, 4) is 0 Å². The number of rotatable bonds is 2. The standard InChI is InChI=1S/C23H38/c1-5-15(2)17-8-9-22-19(17)10-11-20-18-12-13-23(3,4)14-16(18)6-7-21(20)22/h16-22H,2,5-14H2,1,3-4H3. The van der Waals surface area contributed by atoms with Gasteiger partial charge in [0.1, 0.15) is 0 Å². The molecule has 4 saturated carbocycles. The molecule has 4 aliphatic carbocycles. The lowest BCUT2D eigenvalue weighted by molar-refractivity contribution is -0.0448. The summed E-state index contributed by atoms with van der Waals surface area (Å²) in [4.78, 5) is 0. The van der Waals surface area contributed by atoms with Crippen LogP contribution < -0.4 is 0 Å². The van der Waals surface area contributed by atoms with E-state index in [-0.39, 0.29) is 0 Å². The highest BCUT2D eigenvalue weighted by Gasteiger charge is 2.52. The molecule has 4 aliphatic rings. The van der Waals surface area contributed by atoms with Crippen LogP contribution in [0.4, 0.5) is 0 Å². The van der Waals surface area contributed by atoms with E-state index in [2.05, 4.69) is 27.4 Å². The van der Waals surface area contributed by atoms with Crippen molar-refractivity contribution < 1.29 is 0 Å². The molecule has 0 aromatic rings. The van der Waals surface area contributed by atoms with Gasteiger partial charge in [-0.1, -0.05) is 32.9 Å². The third-order valence-corrected chi connectivity index (χ3v) is 8.78. The Bertz CT molecular complexity index is 459. The fourth-order valence-electron chi connectivity index (χ4n) is 7.73. The second kappa shape index (κ2) is 5.92. The van der Waals surface area contributed by atoms with E-state index in [9.17, 15) is 0 Å². The molecular weight excluding hydrogens is 276 g/mol. The van der Waals surface area contributed by atoms with Crippen molar-refractivity contribution in [1.29, 1.82) is 0 Å². The van der Waals surface area contributed by atoms with E-state index in [1.54, 1.807) is 31.3 Å². The van der Waals surface area contributed by atoms with E-state index in [1.807, 2.05) is 0 Å². The molecule has 0 spiro atoms. The molecule has 0 nitrogen and oxygen atoms in total. The van der Waals surface area contributed by atoms with Gasteiger partial charge < -0.3 is 0 Å². The molecule has 0 amide bonds. The fraction of sp³-hybridized carbons (Fsp3) is 0.913. The van der Waals surface area contributed by atoms with Crippen molar-refractivity contribution in [2.24, 2.45) is 46.8 Å². The van der Waals surface area contributed by atoms with E-state index < -0.39 is 0 Å². The van der Waals surface area contributed by atoms with Gasteiger partial charge in [-0.25, -0.2) is 0 Å². The molecule has 23 heavy (non-hydrogen) atoms. The average Bonchev–Trinajstić information content (AvgIpc) is 2.96. The molecule has 0 radical (unpaired) electrons. The molecule has 0 aromatic heterocycles. The highest BCUT2D eigenvalue weighted by molar-refractivity contribution is 5.10. The summed E-state index contributed by atoms with van der Waals surface area (Å²) in [5, 5.41) is 0. The van der Waals surface area contributed by atoms with Gasteiger partial charge in [0.2, 0.25) is 0 Å². The fourth-order valence-corrected chi connectivity index (χ4v) is 7.73. The van der Waals surface area contributed by atoms with Gasteiger partial charge in [-0.2, -0.15) is 0 Å². The average molecular weight is 315 g/mol. The molecule has 0 heterocycles. The van der Waals surface area contributed by atoms with Gasteiger partial charge in [0.05, 0.1) is 0 Å². The van der Waals surface area contributed by atoms with Crippen LogP contribution in [0.2, 0.25) is 0 Å². The third kappa shape index (κ3) is 2.73. The third-order valence-electron chi connectivity index (χ3n) is 8.78. The van der Waals surface area contributed by atoms with Crippen LogP contribution in [0.1, 0.15) is 85.0 Å². The van der Waals surface area contributed by atoms with Crippen LogP contribution in [-0.2, 0) is 0 Å². The lowest BCUT2D eigenvalue weighted by Crippen LogP contribution is -2.46. The normalized spacial score (nSPS) is 48.2. The van der Waals surface area contributed by atoms with Gasteiger partial charge in [-0.05, 0) is 111 Å². The first kappa shape index (κ1) is 16.2. The van der Waals surface area contributed by atoms with Crippen LogP contribution in [0, 0.1) is 46.8 Å².